The molecule has 2 aromatic rings. The van der Waals surface area contributed by atoms with Gasteiger partial charge in [-0.2, -0.15) is 0 Å². The topological polar surface area (TPSA) is 41.9 Å². The zero-order chi connectivity index (χ0) is 14.5. The summed E-state index contributed by atoms with van der Waals surface area (Å²) in [6.45, 7) is 7.17. The van der Waals surface area contributed by atoms with E-state index in [-0.39, 0.29) is 6.04 Å². The molecule has 0 N–H and O–H groups in total. The van der Waals surface area contributed by atoms with E-state index >= 15 is 0 Å². The van der Waals surface area contributed by atoms with Gasteiger partial charge in [-0.3, -0.25) is 9.88 Å². The van der Waals surface area contributed by atoms with E-state index in [1.54, 1.807) is 0 Å². The van der Waals surface area contributed by atoms with E-state index in [0.717, 1.165) is 23.8 Å². The van der Waals surface area contributed by atoms with E-state index in [9.17, 15) is 0 Å². The van der Waals surface area contributed by atoms with Crippen molar-refractivity contribution >= 4 is 0 Å². The Hall–Kier alpha value is -1.81. The lowest BCUT2D eigenvalue weighted by Crippen LogP contribution is -2.23. The maximum Gasteiger partial charge on any atom is 0.131 e. The molecule has 0 unspecified atom stereocenters. The fraction of sp³-hybridized carbons (Fsp3) is 0.438. The van der Waals surface area contributed by atoms with Crippen molar-refractivity contribution < 1.29 is 0 Å². The molecule has 2 aromatic heterocycles. The van der Waals surface area contributed by atoms with Gasteiger partial charge in [0.25, 0.3) is 0 Å². The summed E-state index contributed by atoms with van der Waals surface area (Å²) < 4.78 is 0. The minimum atomic E-state index is 0.258. The molecule has 0 aliphatic rings. The highest BCUT2D eigenvalue weighted by molar-refractivity contribution is 5.09. The molecular weight excluding hydrogens is 248 g/mol. The number of hydrogen-bond acceptors (Lipinski definition) is 4. The summed E-state index contributed by atoms with van der Waals surface area (Å²) in [5.74, 6) is 1.26. The van der Waals surface area contributed by atoms with Crippen molar-refractivity contribution in [3.63, 3.8) is 0 Å². The van der Waals surface area contributed by atoms with E-state index < -0.39 is 0 Å². The Morgan fingerprint density at radius 3 is 2.50 bits per heavy atom. The molecule has 0 saturated heterocycles. The molecule has 2 rings (SSSR count). The third kappa shape index (κ3) is 3.61. The van der Waals surface area contributed by atoms with Gasteiger partial charge in [0.1, 0.15) is 5.82 Å². The van der Waals surface area contributed by atoms with Crippen LogP contribution >= 0.6 is 0 Å². The Morgan fingerprint density at radius 2 is 1.85 bits per heavy atom. The zero-order valence-corrected chi connectivity index (χ0v) is 12.6. The van der Waals surface area contributed by atoms with Crippen LogP contribution in [-0.2, 0) is 6.54 Å². The zero-order valence-electron chi connectivity index (χ0n) is 12.6. The van der Waals surface area contributed by atoms with Crippen LogP contribution in [0.1, 0.15) is 49.9 Å². The Morgan fingerprint density at radius 1 is 1.05 bits per heavy atom. The average molecular weight is 270 g/mol. The van der Waals surface area contributed by atoms with Gasteiger partial charge in [-0.05, 0) is 32.2 Å². The van der Waals surface area contributed by atoms with Crippen LogP contribution in [0.4, 0.5) is 0 Å². The summed E-state index contributed by atoms with van der Waals surface area (Å²) in [6.07, 6.45) is 3.68. The van der Waals surface area contributed by atoms with E-state index in [2.05, 4.69) is 53.7 Å². The summed E-state index contributed by atoms with van der Waals surface area (Å²) in [4.78, 5) is 15.6. The fourth-order valence-electron chi connectivity index (χ4n) is 2.02. The van der Waals surface area contributed by atoms with Gasteiger partial charge in [0.05, 0.1) is 11.4 Å². The van der Waals surface area contributed by atoms with Gasteiger partial charge in [0.15, 0.2) is 0 Å². The third-order valence-electron chi connectivity index (χ3n) is 3.44. The molecule has 0 aliphatic carbocycles. The smallest absolute Gasteiger partial charge is 0.131 e. The molecule has 20 heavy (non-hydrogen) atoms. The molecule has 4 nitrogen and oxygen atoms in total. The van der Waals surface area contributed by atoms with Crippen molar-refractivity contribution in [2.45, 2.75) is 39.3 Å². The van der Waals surface area contributed by atoms with E-state index in [1.807, 2.05) is 30.6 Å². The summed E-state index contributed by atoms with van der Waals surface area (Å²) in [5, 5.41) is 0. The van der Waals surface area contributed by atoms with Crippen LogP contribution in [-0.4, -0.2) is 26.9 Å². The molecule has 106 valence electrons. The van der Waals surface area contributed by atoms with Crippen molar-refractivity contribution in [1.29, 1.82) is 0 Å². The lowest BCUT2D eigenvalue weighted by molar-refractivity contribution is 0.245. The number of aromatic nitrogens is 3. The lowest BCUT2D eigenvalue weighted by Gasteiger charge is -2.24. The summed E-state index contributed by atoms with van der Waals surface area (Å²) >= 11 is 0. The van der Waals surface area contributed by atoms with Crippen LogP contribution in [0.15, 0.2) is 36.7 Å². The van der Waals surface area contributed by atoms with Crippen LogP contribution in [0.2, 0.25) is 0 Å². The third-order valence-corrected chi connectivity index (χ3v) is 3.44. The lowest BCUT2D eigenvalue weighted by atomic mass is 10.2. The molecule has 0 bridgehead atoms. The first-order chi connectivity index (χ1) is 9.58. The standard InChI is InChI=1S/C16H22N4/c1-12(2)16-18-10-8-14(19-16)11-20(4)13(3)15-7-5-6-9-17-15/h5-10,12-13H,11H2,1-4H3/t13-/m1/s1. The monoisotopic (exact) mass is 270 g/mol. The van der Waals surface area contributed by atoms with Crippen LogP contribution in [0.25, 0.3) is 0 Å². The normalized spacial score (nSPS) is 12.9. The quantitative estimate of drug-likeness (QED) is 0.836. The van der Waals surface area contributed by atoms with Crippen molar-refractivity contribution in [2.24, 2.45) is 0 Å². The highest BCUT2D eigenvalue weighted by Crippen LogP contribution is 2.18. The predicted molar refractivity (Wildman–Crippen MR) is 80.2 cm³/mol. The first-order valence-electron chi connectivity index (χ1n) is 7.01. The van der Waals surface area contributed by atoms with Crippen molar-refractivity contribution in [1.82, 2.24) is 19.9 Å². The largest absolute Gasteiger partial charge is 0.292 e. The Labute approximate surface area is 120 Å². The van der Waals surface area contributed by atoms with Crippen molar-refractivity contribution in [2.75, 3.05) is 7.05 Å². The van der Waals surface area contributed by atoms with Crippen LogP contribution < -0.4 is 0 Å². The van der Waals surface area contributed by atoms with Gasteiger partial charge in [-0.25, -0.2) is 9.97 Å². The van der Waals surface area contributed by atoms with Gasteiger partial charge in [-0.15, -0.1) is 0 Å². The average Bonchev–Trinajstić information content (AvgIpc) is 2.47. The van der Waals surface area contributed by atoms with E-state index in [1.165, 1.54) is 0 Å². The second kappa shape index (κ2) is 6.57. The second-order valence-electron chi connectivity index (χ2n) is 5.41. The molecule has 2 heterocycles. The van der Waals surface area contributed by atoms with Gasteiger partial charge in [0, 0.05) is 30.9 Å². The highest BCUT2D eigenvalue weighted by atomic mass is 15.1. The molecule has 0 aliphatic heterocycles. The molecule has 0 spiro atoms. The summed E-state index contributed by atoms with van der Waals surface area (Å²) in [6, 6.07) is 8.26. The van der Waals surface area contributed by atoms with Gasteiger partial charge < -0.3 is 0 Å². The molecule has 4 heteroatoms. The molecule has 1 atom stereocenters. The first kappa shape index (κ1) is 14.6. The van der Waals surface area contributed by atoms with Gasteiger partial charge in [0.2, 0.25) is 0 Å². The number of rotatable bonds is 5. The molecule has 0 fully saturated rings. The Kier molecular flexibility index (Phi) is 4.79. The molecule has 0 amide bonds. The molecule has 0 saturated carbocycles. The van der Waals surface area contributed by atoms with Crippen LogP contribution in [0.3, 0.4) is 0 Å². The Balaban J connectivity index is 2.08. The van der Waals surface area contributed by atoms with Gasteiger partial charge >= 0.3 is 0 Å². The minimum absolute atomic E-state index is 0.258. The summed E-state index contributed by atoms with van der Waals surface area (Å²) in [7, 11) is 2.09. The fourth-order valence-corrected chi connectivity index (χ4v) is 2.02. The maximum atomic E-state index is 4.62. The SMILES string of the molecule is CC(C)c1nccc(CN(C)[C@H](C)c2ccccn2)n1. The van der Waals surface area contributed by atoms with Crippen molar-refractivity contribution in [3.05, 3.63) is 53.9 Å². The van der Waals surface area contributed by atoms with E-state index in [0.29, 0.717) is 5.92 Å². The van der Waals surface area contributed by atoms with E-state index in [4.69, 9.17) is 0 Å². The van der Waals surface area contributed by atoms with Gasteiger partial charge in [-0.1, -0.05) is 19.9 Å². The first-order valence-corrected chi connectivity index (χ1v) is 7.01. The molecule has 0 aromatic carbocycles. The maximum absolute atomic E-state index is 4.62. The highest BCUT2D eigenvalue weighted by Gasteiger charge is 2.14. The molecular formula is C16H22N4. The minimum Gasteiger partial charge on any atom is -0.292 e. The number of hydrogen-bond donors (Lipinski definition) is 0. The van der Waals surface area contributed by atoms with Crippen LogP contribution in [0.5, 0.6) is 0 Å². The summed E-state index contributed by atoms with van der Waals surface area (Å²) in [5.41, 5.74) is 2.13. The number of nitrogens with zero attached hydrogens (tertiary/aromatic N) is 4. The van der Waals surface area contributed by atoms with Crippen molar-refractivity contribution in [3.8, 4) is 0 Å². The second-order valence-corrected chi connectivity index (χ2v) is 5.41. The predicted octanol–water partition coefficient (Wildman–Crippen LogP) is 3.19. The number of pyridine rings is 1. The molecule has 0 radical (unpaired) electrons. The van der Waals surface area contributed by atoms with Crippen LogP contribution in [0, 0.1) is 0 Å². The Bertz CT molecular complexity index is 539.